The summed E-state index contributed by atoms with van der Waals surface area (Å²) in [6, 6.07) is 6.87. The molecule has 82 valence electrons. The Balaban J connectivity index is 3.00. The average molecular weight is 289 g/mol. The molecule has 4 heteroatoms. The fourth-order valence-electron chi connectivity index (χ4n) is 1.14. The van der Waals surface area contributed by atoms with Gasteiger partial charge in [-0.2, -0.15) is 0 Å². The molecule has 0 aliphatic carbocycles. The second kappa shape index (κ2) is 4.58. The van der Waals surface area contributed by atoms with Gasteiger partial charge in [-0.3, -0.25) is 9.00 Å². The molecule has 0 saturated heterocycles. The van der Waals surface area contributed by atoms with Gasteiger partial charge in [0.2, 0.25) is 0 Å². The van der Waals surface area contributed by atoms with E-state index in [-0.39, 0.29) is 5.78 Å². The number of halogens is 1. The van der Waals surface area contributed by atoms with Crippen LogP contribution in [-0.4, -0.2) is 20.6 Å². The van der Waals surface area contributed by atoms with Crippen LogP contribution in [0.4, 0.5) is 0 Å². The lowest BCUT2D eigenvalue weighted by Gasteiger charge is -2.14. The number of rotatable bonds is 3. The predicted octanol–water partition coefficient (Wildman–Crippen LogP) is 2.78. The summed E-state index contributed by atoms with van der Waals surface area (Å²) in [6.45, 7) is 3.61. The molecule has 0 aromatic heterocycles. The lowest BCUT2D eigenvalue weighted by atomic mass is 10.0. The van der Waals surface area contributed by atoms with Crippen molar-refractivity contribution in [2.24, 2.45) is 0 Å². The average Bonchev–Trinajstić information content (AvgIpc) is 2.15. The Morgan fingerprint density at radius 2 is 1.73 bits per heavy atom. The van der Waals surface area contributed by atoms with E-state index in [4.69, 9.17) is 0 Å². The Labute approximate surface area is 101 Å². The summed E-state index contributed by atoms with van der Waals surface area (Å²) >= 11 is 3.32. The maximum Gasteiger partial charge on any atom is 0.178 e. The SMILES string of the molecule is CS(=O)c1ccc(C(=O)C(C)(C)Br)cc1. The Morgan fingerprint density at radius 1 is 1.27 bits per heavy atom. The Morgan fingerprint density at radius 3 is 2.07 bits per heavy atom. The van der Waals surface area contributed by atoms with Crippen molar-refractivity contribution in [3.63, 3.8) is 0 Å². The lowest BCUT2D eigenvalue weighted by molar-refractivity contribution is 0.0961. The van der Waals surface area contributed by atoms with Gasteiger partial charge in [-0.15, -0.1) is 0 Å². The van der Waals surface area contributed by atoms with Crippen molar-refractivity contribution in [3.8, 4) is 0 Å². The van der Waals surface area contributed by atoms with E-state index in [0.717, 1.165) is 4.90 Å². The first-order chi connectivity index (χ1) is 6.82. The van der Waals surface area contributed by atoms with Crippen LogP contribution in [0.3, 0.4) is 0 Å². The molecule has 15 heavy (non-hydrogen) atoms. The second-order valence-electron chi connectivity index (χ2n) is 3.78. The largest absolute Gasteiger partial charge is 0.293 e. The van der Waals surface area contributed by atoms with E-state index < -0.39 is 15.1 Å². The topological polar surface area (TPSA) is 34.1 Å². The molecule has 0 bridgehead atoms. The van der Waals surface area contributed by atoms with Crippen molar-refractivity contribution in [2.45, 2.75) is 23.1 Å². The van der Waals surface area contributed by atoms with Crippen LogP contribution in [0, 0.1) is 0 Å². The maximum atomic E-state index is 11.8. The van der Waals surface area contributed by atoms with Gasteiger partial charge in [0.25, 0.3) is 0 Å². The third-order valence-corrected chi connectivity index (χ3v) is 3.28. The van der Waals surface area contributed by atoms with Gasteiger partial charge in [0.1, 0.15) is 0 Å². The van der Waals surface area contributed by atoms with Crippen LogP contribution in [0.15, 0.2) is 29.2 Å². The third-order valence-electron chi connectivity index (χ3n) is 1.99. The number of hydrogen-bond acceptors (Lipinski definition) is 2. The van der Waals surface area contributed by atoms with Gasteiger partial charge in [0, 0.05) is 27.5 Å². The van der Waals surface area contributed by atoms with Crippen LogP contribution >= 0.6 is 15.9 Å². The van der Waals surface area contributed by atoms with Gasteiger partial charge in [0.15, 0.2) is 5.78 Å². The van der Waals surface area contributed by atoms with Gasteiger partial charge in [-0.05, 0) is 26.0 Å². The van der Waals surface area contributed by atoms with Crippen molar-refractivity contribution in [1.82, 2.24) is 0 Å². The molecular weight excluding hydrogens is 276 g/mol. The van der Waals surface area contributed by atoms with E-state index in [1.807, 2.05) is 0 Å². The van der Waals surface area contributed by atoms with Crippen LogP contribution < -0.4 is 0 Å². The molecule has 0 heterocycles. The van der Waals surface area contributed by atoms with E-state index >= 15 is 0 Å². The second-order valence-corrected chi connectivity index (χ2v) is 7.14. The summed E-state index contributed by atoms with van der Waals surface area (Å²) in [7, 11) is -0.995. The highest BCUT2D eigenvalue weighted by atomic mass is 79.9. The Bertz CT molecular complexity index is 390. The van der Waals surface area contributed by atoms with Gasteiger partial charge in [-0.1, -0.05) is 28.1 Å². The minimum Gasteiger partial charge on any atom is -0.293 e. The minimum atomic E-state index is -0.995. The summed E-state index contributed by atoms with van der Waals surface area (Å²) in [5.74, 6) is 0.0240. The standard InChI is InChI=1S/C11H13BrO2S/c1-11(2,12)10(13)8-4-6-9(7-5-8)15(3)14/h4-7H,1-3H3. The quantitative estimate of drug-likeness (QED) is 0.633. The van der Waals surface area contributed by atoms with E-state index in [1.165, 1.54) is 0 Å². The van der Waals surface area contributed by atoms with Crippen LogP contribution in [0.1, 0.15) is 24.2 Å². The zero-order valence-corrected chi connectivity index (χ0v) is 11.3. The summed E-state index contributed by atoms with van der Waals surface area (Å²) in [6.07, 6.45) is 1.62. The van der Waals surface area contributed by atoms with Gasteiger partial charge >= 0.3 is 0 Å². The summed E-state index contributed by atoms with van der Waals surface area (Å²) in [5, 5.41) is 0. The molecule has 1 unspecified atom stereocenters. The molecule has 0 N–H and O–H groups in total. The summed E-state index contributed by atoms with van der Waals surface area (Å²) < 4.78 is 10.6. The number of benzene rings is 1. The normalized spacial score (nSPS) is 13.6. The monoisotopic (exact) mass is 288 g/mol. The van der Waals surface area contributed by atoms with E-state index in [2.05, 4.69) is 15.9 Å². The number of carbonyl (C=O) groups excluding carboxylic acids is 1. The van der Waals surface area contributed by atoms with Crippen molar-refractivity contribution in [3.05, 3.63) is 29.8 Å². The fraction of sp³-hybridized carbons (Fsp3) is 0.364. The zero-order valence-electron chi connectivity index (χ0n) is 8.91. The predicted molar refractivity (Wildman–Crippen MR) is 66.1 cm³/mol. The minimum absolute atomic E-state index is 0.0240. The molecule has 1 atom stereocenters. The number of ketones is 1. The molecule has 0 spiro atoms. The molecule has 0 fully saturated rings. The van der Waals surface area contributed by atoms with Crippen molar-refractivity contribution in [1.29, 1.82) is 0 Å². The summed E-state index contributed by atoms with van der Waals surface area (Å²) in [5.41, 5.74) is 0.631. The molecule has 0 saturated carbocycles. The molecular formula is C11H13BrO2S. The van der Waals surface area contributed by atoms with Crippen LogP contribution in [0.5, 0.6) is 0 Å². The molecule has 1 aromatic carbocycles. The van der Waals surface area contributed by atoms with E-state index in [0.29, 0.717) is 5.56 Å². The molecule has 1 rings (SSSR count). The Kier molecular flexibility index (Phi) is 3.84. The number of hydrogen-bond donors (Lipinski definition) is 0. The Hall–Kier alpha value is -0.480. The van der Waals surface area contributed by atoms with Crippen molar-refractivity contribution >= 4 is 32.5 Å². The van der Waals surface area contributed by atoms with Crippen LogP contribution in [0.25, 0.3) is 0 Å². The molecule has 0 aliphatic rings. The molecule has 0 aliphatic heterocycles. The first-order valence-electron chi connectivity index (χ1n) is 4.49. The van der Waals surface area contributed by atoms with Crippen LogP contribution in [-0.2, 0) is 10.8 Å². The fourth-order valence-corrected chi connectivity index (χ4v) is 1.89. The smallest absolute Gasteiger partial charge is 0.178 e. The molecule has 2 nitrogen and oxygen atoms in total. The first kappa shape index (κ1) is 12.6. The third kappa shape index (κ3) is 3.24. The number of carbonyl (C=O) groups is 1. The highest BCUT2D eigenvalue weighted by Crippen LogP contribution is 2.22. The first-order valence-corrected chi connectivity index (χ1v) is 6.84. The van der Waals surface area contributed by atoms with Gasteiger partial charge < -0.3 is 0 Å². The van der Waals surface area contributed by atoms with E-state index in [9.17, 15) is 9.00 Å². The van der Waals surface area contributed by atoms with Gasteiger partial charge in [0.05, 0.1) is 4.32 Å². The lowest BCUT2D eigenvalue weighted by Crippen LogP contribution is -2.23. The van der Waals surface area contributed by atoms with Gasteiger partial charge in [-0.25, -0.2) is 0 Å². The van der Waals surface area contributed by atoms with Crippen molar-refractivity contribution < 1.29 is 9.00 Å². The van der Waals surface area contributed by atoms with Crippen molar-refractivity contribution in [2.75, 3.05) is 6.26 Å². The number of alkyl halides is 1. The van der Waals surface area contributed by atoms with E-state index in [1.54, 1.807) is 44.4 Å². The summed E-state index contributed by atoms with van der Waals surface area (Å²) in [4.78, 5) is 12.6. The highest BCUT2D eigenvalue weighted by molar-refractivity contribution is 9.10. The zero-order chi connectivity index (χ0) is 11.6. The highest BCUT2D eigenvalue weighted by Gasteiger charge is 2.24. The molecule has 0 amide bonds. The molecule has 0 radical (unpaired) electrons. The molecule has 1 aromatic rings. The number of Topliss-reactive ketones (excluding diaryl/α,β-unsaturated/α-hetero) is 1. The van der Waals surface area contributed by atoms with Crippen LogP contribution in [0.2, 0.25) is 0 Å². The maximum absolute atomic E-state index is 11.8.